The second-order valence-electron chi connectivity index (χ2n) is 5.10. The molecule has 1 saturated heterocycles. The summed E-state index contributed by atoms with van der Waals surface area (Å²) in [7, 11) is 0. The van der Waals surface area contributed by atoms with Crippen molar-refractivity contribution in [2.75, 3.05) is 6.54 Å². The minimum Gasteiger partial charge on any atom is -0.444 e. The molecule has 0 N–H and O–H groups in total. The first-order chi connectivity index (χ1) is 9.80. The van der Waals surface area contributed by atoms with E-state index in [1.165, 1.54) is 0 Å². The molecule has 0 bridgehead atoms. The highest BCUT2D eigenvalue weighted by molar-refractivity contribution is 5.00. The normalized spacial score (nSPS) is 19.8. The van der Waals surface area contributed by atoms with Gasteiger partial charge in [-0.3, -0.25) is 4.90 Å². The van der Waals surface area contributed by atoms with E-state index >= 15 is 0 Å². The van der Waals surface area contributed by atoms with E-state index in [2.05, 4.69) is 26.9 Å². The summed E-state index contributed by atoms with van der Waals surface area (Å²) in [6.45, 7) is 5.81. The molecule has 3 heterocycles. The molecule has 0 aliphatic carbocycles. The van der Waals surface area contributed by atoms with Crippen molar-refractivity contribution >= 4 is 0 Å². The standard InChI is InChI=1S/C14H20N4O2/c1-3-10-8-15-13(19-10)9-18-7-5-6-11(18)14-16-12(4-2)20-17-14/h8,11H,3-7,9H2,1-2H3/t11-/m0/s1. The fourth-order valence-corrected chi connectivity index (χ4v) is 2.61. The van der Waals surface area contributed by atoms with Crippen LogP contribution in [0.2, 0.25) is 0 Å². The molecule has 6 heteroatoms. The highest BCUT2D eigenvalue weighted by atomic mass is 16.5. The topological polar surface area (TPSA) is 68.2 Å². The zero-order valence-electron chi connectivity index (χ0n) is 12.0. The van der Waals surface area contributed by atoms with Gasteiger partial charge in [-0.25, -0.2) is 4.98 Å². The van der Waals surface area contributed by atoms with Crippen molar-refractivity contribution in [1.82, 2.24) is 20.0 Å². The molecule has 0 saturated carbocycles. The first-order valence-electron chi connectivity index (χ1n) is 7.30. The summed E-state index contributed by atoms with van der Waals surface area (Å²) >= 11 is 0. The van der Waals surface area contributed by atoms with Crippen LogP contribution < -0.4 is 0 Å². The summed E-state index contributed by atoms with van der Waals surface area (Å²) in [5.41, 5.74) is 0. The maximum absolute atomic E-state index is 5.69. The number of rotatable bonds is 5. The van der Waals surface area contributed by atoms with Gasteiger partial charge in [0, 0.05) is 12.8 Å². The summed E-state index contributed by atoms with van der Waals surface area (Å²) in [4.78, 5) is 11.1. The van der Waals surface area contributed by atoms with Crippen molar-refractivity contribution < 1.29 is 8.94 Å². The maximum Gasteiger partial charge on any atom is 0.226 e. The minimum atomic E-state index is 0.219. The summed E-state index contributed by atoms with van der Waals surface area (Å²) in [6, 6.07) is 0.219. The quantitative estimate of drug-likeness (QED) is 0.836. The number of oxazole rings is 1. The zero-order chi connectivity index (χ0) is 13.9. The van der Waals surface area contributed by atoms with Crippen molar-refractivity contribution in [3.63, 3.8) is 0 Å². The fraction of sp³-hybridized carbons (Fsp3) is 0.643. The van der Waals surface area contributed by atoms with Gasteiger partial charge in [0.15, 0.2) is 5.82 Å². The summed E-state index contributed by atoms with van der Waals surface area (Å²) in [6.07, 6.45) is 5.66. The highest BCUT2D eigenvalue weighted by Gasteiger charge is 2.30. The largest absolute Gasteiger partial charge is 0.444 e. The lowest BCUT2D eigenvalue weighted by Crippen LogP contribution is -2.23. The van der Waals surface area contributed by atoms with Crippen LogP contribution in [-0.2, 0) is 19.4 Å². The Morgan fingerprint density at radius 2 is 2.20 bits per heavy atom. The van der Waals surface area contributed by atoms with Crippen LogP contribution in [0.25, 0.3) is 0 Å². The molecule has 3 rings (SSSR count). The third kappa shape index (κ3) is 2.60. The van der Waals surface area contributed by atoms with Crippen LogP contribution >= 0.6 is 0 Å². The number of hydrogen-bond acceptors (Lipinski definition) is 6. The molecule has 1 atom stereocenters. The van der Waals surface area contributed by atoms with Gasteiger partial charge < -0.3 is 8.94 Å². The third-order valence-electron chi connectivity index (χ3n) is 3.74. The molecule has 2 aromatic rings. The van der Waals surface area contributed by atoms with Gasteiger partial charge in [0.25, 0.3) is 0 Å². The van der Waals surface area contributed by atoms with Crippen molar-refractivity contribution in [1.29, 1.82) is 0 Å². The van der Waals surface area contributed by atoms with Gasteiger partial charge in [-0.1, -0.05) is 19.0 Å². The molecule has 0 unspecified atom stereocenters. The van der Waals surface area contributed by atoms with Gasteiger partial charge in [-0.15, -0.1) is 0 Å². The van der Waals surface area contributed by atoms with Gasteiger partial charge in [0.2, 0.25) is 11.8 Å². The van der Waals surface area contributed by atoms with E-state index < -0.39 is 0 Å². The zero-order valence-corrected chi connectivity index (χ0v) is 12.0. The molecular formula is C14H20N4O2. The lowest BCUT2D eigenvalue weighted by Gasteiger charge is -2.19. The SMILES string of the molecule is CCc1cnc(CN2CCC[C@H]2c2noc(CC)n2)o1. The predicted molar refractivity (Wildman–Crippen MR) is 71.9 cm³/mol. The number of aryl methyl sites for hydroxylation is 2. The molecule has 0 amide bonds. The second-order valence-corrected chi connectivity index (χ2v) is 5.10. The Kier molecular flexibility index (Phi) is 3.82. The lowest BCUT2D eigenvalue weighted by molar-refractivity contribution is 0.210. The minimum absolute atomic E-state index is 0.219. The van der Waals surface area contributed by atoms with Gasteiger partial charge in [0.1, 0.15) is 5.76 Å². The van der Waals surface area contributed by atoms with Crippen LogP contribution in [0.1, 0.15) is 56.1 Å². The Labute approximate surface area is 118 Å². The average molecular weight is 276 g/mol. The molecule has 6 nitrogen and oxygen atoms in total. The van der Waals surface area contributed by atoms with Gasteiger partial charge in [-0.2, -0.15) is 4.98 Å². The molecule has 2 aromatic heterocycles. The molecule has 1 fully saturated rings. The van der Waals surface area contributed by atoms with Crippen molar-refractivity contribution in [3.05, 3.63) is 29.6 Å². The molecule has 20 heavy (non-hydrogen) atoms. The predicted octanol–water partition coefficient (Wildman–Crippen LogP) is 2.52. The van der Waals surface area contributed by atoms with Gasteiger partial charge >= 0.3 is 0 Å². The highest BCUT2D eigenvalue weighted by Crippen LogP contribution is 2.31. The van der Waals surface area contributed by atoms with E-state index in [-0.39, 0.29) is 6.04 Å². The monoisotopic (exact) mass is 276 g/mol. The van der Waals surface area contributed by atoms with E-state index in [0.29, 0.717) is 12.4 Å². The molecule has 0 aromatic carbocycles. The van der Waals surface area contributed by atoms with Crippen LogP contribution in [0, 0.1) is 0 Å². The van der Waals surface area contributed by atoms with Crippen LogP contribution in [-0.4, -0.2) is 26.6 Å². The Morgan fingerprint density at radius 1 is 1.30 bits per heavy atom. The molecular weight excluding hydrogens is 256 g/mol. The van der Waals surface area contributed by atoms with Gasteiger partial charge in [-0.05, 0) is 19.4 Å². The van der Waals surface area contributed by atoms with E-state index in [4.69, 9.17) is 8.94 Å². The number of aromatic nitrogens is 3. The second kappa shape index (κ2) is 5.75. The number of likely N-dealkylation sites (tertiary alicyclic amines) is 1. The van der Waals surface area contributed by atoms with Crippen molar-refractivity contribution in [3.8, 4) is 0 Å². The summed E-state index contributed by atoms with van der Waals surface area (Å²) in [5, 5.41) is 4.10. The summed E-state index contributed by atoms with van der Waals surface area (Å²) < 4.78 is 10.9. The van der Waals surface area contributed by atoms with Crippen molar-refractivity contribution in [2.24, 2.45) is 0 Å². The number of nitrogens with zero attached hydrogens (tertiary/aromatic N) is 4. The molecule has 0 radical (unpaired) electrons. The maximum atomic E-state index is 5.69. The van der Waals surface area contributed by atoms with E-state index in [9.17, 15) is 0 Å². The van der Waals surface area contributed by atoms with Crippen molar-refractivity contribution in [2.45, 2.75) is 52.1 Å². The van der Waals surface area contributed by atoms with Gasteiger partial charge in [0.05, 0.1) is 18.8 Å². The van der Waals surface area contributed by atoms with Crippen LogP contribution in [0.5, 0.6) is 0 Å². The Balaban J connectivity index is 1.71. The number of hydrogen-bond donors (Lipinski definition) is 0. The fourth-order valence-electron chi connectivity index (χ4n) is 2.61. The van der Waals surface area contributed by atoms with E-state index in [0.717, 1.165) is 49.7 Å². The van der Waals surface area contributed by atoms with E-state index in [1.54, 1.807) is 0 Å². The summed E-state index contributed by atoms with van der Waals surface area (Å²) in [5.74, 6) is 3.20. The smallest absolute Gasteiger partial charge is 0.226 e. The Hall–Kier alpha value is -1.69. The third-order valence-corrected chi connectivity index (χ3v) is 3.74. The average Bonchev–Trinajstić information content (AvgIpc) is 3.18. The van der Waals surface area contributed by atoms with Crippen LogP contribution in [0.3, 0.4) is 0 Å². The molecule has 1 aliphatic heterocycles. The molecule has 0 spiro atoms. The first kappa shape index (κ1) is 13.3. The Bertz CT molecular complexity index is 563. The van der Waals surface area contributed by atoms with Crippen LogP contribution in [0.15, 0.2) is 15.1 Å². The first-order valence-corrected chi connectivity index (χ1v) is 7.30. The lowest BCUT2D eigenvalue weighted by atomic mass is 10.2. The van der Waals surface area contributed by atoms with Crippen LogP contribution in [0.4, 0.5) is 0 Å². The molecule has 1 aliphatic rings. The van der Waals surface area contributed by atoms with E-state index in [1.807, 2.05) is 13.1 Å². The molecule has 108 valence electrons. The Morgan fingerprint density at radius 3 is 2.90 bits per heavy atom.